The van der Waals surface area contributed by atoms with Gasteiger partial charge in [0.2, 0.25) is 5.82 Å². The minimum absolute atomic E-state index is 0.287. The van der Waals surface area contributed by atoms with E-state index in [1.807, 2.05) is 0 Å². The molecule has 3 aromatic rings. The molecule has 0 bridgehead atoms. The summed E-state index contributed by atoms with van der Waals surface area (Å²) in [6.45, 7) is 0. The van der Waals surface area contributed by atoms with Crippen LogP contribution < -0.4 is 0 Å². The third-order valence-electron chi connectivity index (χ3n) is 2.77. The predicted molar refractivity (Wildman–Crippen MR) is 72.1 cm³/mol. The Labute approximate surface area is 119 Å². The molecule has 0 saturated carbocycles. The number of nitrogens with zero attached hydrogens (tertiary/aromatic N) is 4. The maximum Gasteiger partial charge on any atom is 0.337 e. The summed E-state index contributed by atoms with van der Waals surface area (Å²) in [7, 11) is 1.34. The molecule has 104 valence electrons. The van der Waals surface area contributed by atoms with Gasteiger partial charge in [0.25, 0.3) is 5.89 Å². The number of rotatable bonds is 3. The maximum atomic E-state index is 11.4. The third-order valence-corrected chi connectivity index (χ3v) is 2.77. The number of benzene rings is 1. The number of methoxy groups -OCH3 is 1. The van der Waals surface area contributed by atoms with Crippen molar-refractivity contribution >= 4 is 5.97 Å². The van der Waals surface area contributed by atoms with E-state index in [9.17, 15) is 4.79 Å². The van der Waals surface area contributed by atoms with Gasteiger partial charge in [-0.3, -0.25) is 4.98 Å². The van der Waals surface area contributed by atoms with Gasteiger partial charge in [0.1, 0.15) is 5.69 Å². The van der Waals surface area contributed by atoms with Crippen LogP contribution in [0.5, 0.6) is 0 Å². The lowest BCUT2D eigenvalue weighted by molar-refractivity contribution is 0.0601. The van der Waals surface area contributed by atoms with Crippen molar-refractivity contribution in [2.45, 2.75) is 0 Å². The first-order chi connectivity index (χ1) is 10.3. The van der Waals surface area contributed by atoms with Gasteiger partial charge in [-0.05, 0) is 12.1 Å². The average Bonchev–Trinajstić information content (AvgIpc) is 3.05. The summed E-state index contributed by atoms with van der Waals surface area (Å²) in [5.41, 5.74) is 1.68. The Morgan fingerprint density at radius 2 is 2.00 bits per heavy atom. The van der Waals surface area contributed by atoms with Gasteiger partial charge in [-0.1, -0.05) is 17.3 Å². The van der Waals surface area contributed by atoms with Crippen LogP contribution in [0.3, 0.4) is 0 Å². The zero-order valence-electron chi connectivity index (χ0n) is 11.1. The molecule has 21 heavy (non-hydrogen) atoms. The van der Waals surface area contributed by atoms with Crippen LogP contribution in [0.1, 0.15) is 10.4 Å². The molecule has 7 nitrogen and oxygen atoms in total. The molecule has 0 aliphatic carbocycles. The fraction of sp³-hybridized carbons (Fsp3) is 0.0714. The third kappa shape index (κ3) is 2.62. The van der Waals surface area contributed by atoms with Crippen LogP contribution in [0.4, 0.5) is 0 Å². The first kappa shape index (κ1) is 12.9. The second-order valence-corrected chi connectivity index (χ2v) is 4.08. The van der Waals surface area contributed by atoms with E-state index < -0.39 is 5.97 Å². The Hall–Kier alpha value is -3.09. The van der Waals surface area contributed by atoms with Gasteiger partial charge in [-0.2, -0.15) is 4.98 Å². The smallest absolute Gasteiger partial charge is 0.337 e. The number of carbonyl (C=O) groups excluding carboxylic acids is 1. The summed E-state index contributed by atoms with van der Waals surface area (Å²) in [5.74, 6) is 0.303. The molecule has 3 rings (SSSR count). The molecular formula is C14H10N4O3. The number of hydrogen-bond donors (Lipinski definition) is 0. The largest absolute Gasteiger partial charge is 0.465 e. The number of hydrogen-bond acceptors (Lipinski definition) is 7. The summed E-state index contributed by atoms with van der Waals surface area (Å²) in [6, 6.07) is 6.72. The van der Waals surface area contributed by atoms with Gasteiger partial charge in [0.15, 0.2) is 0 Å². The van der Waals surface area contributed by atoms with Crippen LogP contribution in [0.15, 0.2) is 47.4 Å². The van der Waals surface area contributed by atoms with Gasteiger partial charge < -0.3 is 9.26 Å². The molecule has 0 unspecified atom stereocenters. The van der Waals surface area contributed by atoms with Crippen LogP contribution in [0, 0.1) is 0 Å². The van der Waals surface area contributed by atoms with E-state index in [1.165, 1.54) is 13.3 Å². The van der Waals surface area contributed by atoms with Crippen molar-refractivity contribution in [3.8, 4) is 23.0 Å². The van der Waals surface area contributed by atoms with Gasteiger partial charge in [-0.15, -0.1) is 0 Å². The molecule has 0 aliphatic rings. The number of ether oxygens (including phenoxy) is 1. The van der Waals surface area contributed by atoms with Crippen molar-refractivity contribution in [2.75, 3.05) is 7.11 Å². The van der Waals surface area contributed by atoms with Crippen LogP contribution in [0.25, 0.3) is 23.0 Å². The molecule has 0 N–H and O–H groups in total. The molecule has 7 heteroatoms. The Balaban J connectivity index is 1.88. The van der Waals surface area contributed by atoms with Gasteiger partial charge in [-0.25, -0.2) is 9.78 Å². The van der Waals surface area contributed by atoms with Crippen LogP contribution in [-0.2, 0) is 4.74 Å². The first-order valence-electron chi connectivity index (χ1n) is 6.07. The molecule has 0 spiro atoms. The second-order valence-electron chi connectivity index (χ2n) is 4.08. The standard InChI is InChI=1S/C14H10N4O3/c1-20-14(19)10-4-2-9(3-5-10)12-17-13(21-18-12)11-8-15-6-7-16-11/h2-8H,1H3. The molecule has 0 saturated heterocycles. The normalized spacial score (nSPS) is 10.3. The minimum atomic E-state index is -0.394. The Morgan fingerprint density at radius 1 is 1.19 bits per heavy atom. The van der Waals surface area contributed by atoms with E-state index in [0.29, 0.717) is 17.1 Å². The van der Waals surface area contributed by atoms with Crippen LogP contribution in [0.2, 0.25) is 0 Å². The van der Waals surface area contributed by atoms with E-state index in [4.69, 9.17) is 4.52 Å². The topological polar surface area (TPSA) is 91.0 Å². The summed E-state index contributed by atoms with van der Waals surface area (Å²) in [4.78, 5) is 23.6. The Kier molecular flexibility index (Phi) is 3.38. The second kappa shape index (κ2) is 5.49. The molecule has 2 heterocycles. The summed E-state index contributed by atoms with van der Waals surface area (Å²) >= 11 is 0. The van der Waals surface area contributed by atoms with Crippen LogP contribution >= 0.6 is 0 Å². The molecular weight excluding hydrogens is 272 g/mol. The summed E-state index contributed by atoms with van der Waals surface area (Å²) in [5, 5.41) is 3.89. The SMILES string of the molecule is COC(=O)c1ccc(-c2noc(-c3cnccn3)n2)cc1. The fourth-order valence-electron chi connectivity index (χ4n) is 1.73. The lowest BCUT2D eigenvalue weighted by Gasteiger charge is -1.99. The maximum absolute atomic E-state index is 11.4. The monoisotopic (exact) mass is 282 g/mol. The minimum Gasteiger partial charge on any atom is -0.465 e. The highest BCUT2D eigenvalue weighted by Gasteiger charge is 2.12. The van der Waals surface area contributed by atoms with E-state index >= 15 is 0 Å². The molecule has 1 aromatic carbocycles. The quantitative estimate of drug-likeness (QED) is 0.678. The molecule has 0 amide bonds. The van der Waals surface area contributed by atoms with Gasteiger partial charge in [0, 0.05) is 18.0 Å². The highest BCUT2D eigenvalue weighted by Crippen LogP contribution is 2.20. The molecule has 2 aromatic heterocycles. The highest BCUT2D eigenvalue weighted by molar-refractivity contribution is 5.89. The average molecular weight is 282 g/mol. The Morgan fingerprint density at radius 3 is 2.67 bits per heavy atom. The number of esters is 1. The molecule has 0 fully saturated rings. The Bertz CT molecular complexity index is 753. The van der Waals surface area contributed by atoms with Crippen molar-refractivity contribution in [3.63, 3.8) is 0 Å². The summed E-state index contributed by atoms with van der Waals surface area (Å²) < 4.78 is 9.79. The van der Waals surface area contributed by atoms with Crippen molar-refractivity contribution < 1.29 is 14.1 Å². The van der Waals surface area contributed by atoms with Gasteiger partial charge in [0.05, 0.1) is 18.9 Å². The first-order valence-corrected chi connectivity index (χ1v) is 6.07. The van der Waals surface area contributed by atoms with Crippen molar-refractivity contribution in [1.82, 2.24) is 20.1 Å². The highest BCUT2D eigenvalue weighted by atomic mass is 16.5. The molecule has 0 atom stereocenters. The lowest BCUT2D eigenvalue weighted by Crippen LogP contribution is -2.00. The number of carbonyl (C=O) groups is 1. The van der Waals surface area contributed by atoms with Gasteiger partial charge >= 0.3 is 5.97 Å². The van der Waals surface area contributed by atoms with E-state index in [-0.39, 0.29) is 5.89 Å². The van der Waals surface area contributed by atoms with Crippen molar-refractivity contribution in [2.24, 2.45) is 0 Å². The molecule has 0 radical (unpaired) electrons. The molecule has 0 aliphatic heterocycles. The lowest BCUT2D eigenvalue weighted by atomic mass is 10.1. The van der Waals surface area contributed by atoms with E-state index in [1.54, 1.807) is 36.7 Å². The predicted octanol–water partition coefficient (Wildman–Crippen LogP) is 1.98. The van der Waals surface area contributed by atoms with Crippen molar-refractivity contribution in [1.29, 1.82) is 0 Å². The van der Waals surface area contributed by atoms with E-state index in [0.717, 1.165) is 5.56 Å². The summed E-state index contributed by atoms with van der Waals surface area (Å²) in [6.07, 6.45) is 4.65. The zero-order chi connectivity index (χ0) is 14.7. The zero-order valence-corrected chi connectivity index (χ0v) is 11.1. The fourth-order valence-corrected chi connectivity index (χ4v) is 1.73. The number of aromatic nitrogens is 4. The van der Waals surface area contributed by atoms with Crippen molar-refractivity contribution in [3.05, 3.63) is 48.4 Å². The van der Waals surface area contributed by atoms with Crippen LogP contribution in [-0.4, -0.2) is 33.2 Å². The van der Waals surface area contributed by atoms with E-state index in [2.05, 4.69) is 24.8 Å².